The van der Waals surface area contributed by atoms with Crippen molar-refractivity contribution in [1.82, 2.24) is 0 Å². The fourth-order valence-corrected chi connectivity index (χ4v) is 2.27. The van der Waals surface area contributed by atoms with Crippen LogP contribution in [0, 0.1) is 0 Å². The molecule has 15 heavy (non-hydrogen) atoms. The van der Waals surface area contributed by atoms with Crippen molar-refractivity contribution >= 4 is 33.2 Å². The summed E-state index contributed by atoms with van der Waals surface area (Å²) in [7, 11) is 0. The van der Waals surface area contributed by atoms with E-state index in [4.69, 9.17) is 11.6 Å². The molecule has 0 aromatic heterocycles. The number of halogens is 2. The van der Waals surface area contributed by atoms with E-state index in [1.165, 1.54) is 19.3 Å². The van der Waals surface area contributed by atoms with Crippen LogP contribution in [0.3, 0.4) is 0 Å². The van der Waals surface area contributed by atoms with E-state index in [9.17, 15) is 0 Å². The summed E-state index contributed by atoms with van der Waals surface area (Å²) in [4.78, 5) is 0. The zero-order valence-electron chi connectivity index (χ0n) is 8.34. The number of rotatable bonds is 2. The molecule has 1 aliphatic rings. The number of allylic oxidation sites excluding steroid dienone is 1. The van der Waals surface area contributed by atoms with Crippen LogP contribution in [0.1, 0.15) is 19.3 Å². The number of hydrogen-bond acceptors (Lipinski definition) is 1. The molecule has 0 radical (unpaired) electrons. The van der Waals surface area contributed by atoms with E-state index in [1.54, 1.807) is 0 Å². The van der Waals surface area contributed by atoms with E-state index >= 15 is 0 Å². The van der Waals surface area contributed by atoms with Crippen LogP contribution in [0.2, 0.25) is 5.02 Å². The van der Waals surface area contributed by atoms with Gasteiger partial charge in [-0.3, -0.25) is 0 Å². The zero-order valence-corrected chi connectivity index (χ0v) is 10.7. The maximum Gasteiger partial charge on any atom is 0.0504 e. The lowest BCUT2D eigenvalue weighted by Gasteiger charge is -2.20. The molecule has 2 rings (SSSR count). The van der Waals surface area contributed by atoms with Gasteiger partial charge in [0.15, 0.2) is 0 Å². The van der Waals surface area contributed by atoms with E-state index < -0.39 is 0 Å². The summed E-state index contributed by atoms with van der Waals surface area (Å²) in [6, 6.07) is 6.24. The maximum absolute atomic E-state index is 5.96. The van der Waals surface area contributed by atoms with Crippen LogP contribution in [0.25, 0.3) is 0 Å². The number of nitrogens with one attached hydrogen (secondary N) is 1. The molecular formula is C12H13BrClN. The van der Waals surface area contributed by atoms with Crippen molar-refractivity contribution in [3.8, 4) is 0 Å². The molecule has 1 atom stereocenters. The molecule has 0 aliphatic heterocycles. The third kappa shape index (κ3) is 2.99. The summed E-state index contributed by atoms with van der Waals surface area (Å²) < 4.78 is 1.06. The first-order valence-corrected chi connectivity index (χ1v) is 6.31. The Hall–Kier alpha value is -0.470. The molecule has 0 fully saturated rings. The molecule has 3 heteroatoms. The topological polar surface area (TPSA) is 12.0 Å². The van der Waals surface area contributed by atoms with E-state index in [0.29, 0.717) is 6.04 Å². The van der Waals surface area contributed by atoms with Crippen LogP contribution >= 0.6 is 27.5 Å². The third-order valence-corrected chi connectivity index (χ3v) is 3.45. The minimum Gasteiger partial charge on any atom is -0.378 e. The average molecular weight is 287 g/mol. The van der Waals surface area contributed by atoms with Crippen molar-refractivity contribution in [1.29, 1.82) is 0 Å². The third-order valence-electron chi connectivity index (χ3n) is 2.52. The molecule has 1 aliphatic carbocycles. The van der Waals surface area contributed by atoms with Gasteiger partial charge >= 0.3 is 0 Å². The summed E-state index contributed by atoms with van der Waals surface area (Å²) in [5.41, 5.74) is 1.07. The van der Waals surface area contributed by atoms with E-state index in [-0.39, 0.29) is 0 Å². The summed E-state index contributed by atoms with van der Waals surface area (Å²) in [6.45, 7) is 0. The molecule has 0 saturated carbocycles. The molecule has 0 spiro atoms. The van der Waals surface area contributed by atoms with Gasteiger partial charge in [-0.15, -0.1) is 0 Å². The minimum absolute atomic E-state index is 0.438. The van der Waals surface area contributed by atoms with Gasteiger partial charge in [-0.05, 0) is 53.4 Å². The highest BCUT2D eigenvalue weighted by atomic mass is 79.9. The Labute approximate surface area is 104 Å². The Morgan fingerprint density at radius 1 is 1.40 bits per heavy atom. The van der Waals surface area contributed by atoms with Gasteiger partial charge in [-0.1, -0.05) is 23.8 Å². The number of anilines is 1. The molecule has 0 heterocycles. The first kappa shape index (κ1) is 11.0. The Balaban J connectivity index is 2.12. The lowest BCUT2D eigenvalue weighted by molar-refractivity contribution is 0.673. The molecule has 1 nitrogen and oxygen atoms in total. The molecule has 1 N–H and O–H groups in total. The van der Waals surface area contributed by atoms with Crippen molar-refractivity contribution < 1.29 is 0 Å². The SMILES string of the molecule is Clc1ccc(Br)c(NC2C=CCCC2)c1. The fourth-order valence-electron chi connectivity index (χ4n) is 1.74. The first-order valence-electron chi connectivity index (χ1n) is 5.14. The van der Waals surface area contributed by atoms with Gasteiger partial charge < -0.3 is 5.32 Å². The monoisotopic (exact) mass is 285 g/mol. The van der Waals surface area contributed by atoms with Gasteiger partial charge in [-0.25, -0.2) is 0 Å². The van der Waals surface area contributed by atoms with Gasteiger partial charge in [-0.2, -0.15) is 0 Å². The van der Waals surface area contributed by atoms with Crippen molar-refractivity contribution in [3.63, 3.8) is 0 Å². The minimum atomic E-state index is 0.438. The van der Waals surface area contributed by atoms with Gasteiger partial charge in [0.05, 0.1) is 5.69 Å². The van der Waals surface area contributed by atoms with Gasteiger partial charge in [0.1, 0.15) is 0 Å². The van der Waals surface area contributed by atoms with Gasteiger partial charge in [0.2, 0.25) is 0 Å². The molecular weight excluding hydrogens is 273 g/mol. The summed E-state index contributed by atoms with van der Waals surface area (Å²) in [5.74, 6) is 0. The van der Waals surface area contributed by atoms with Crippen molar-refractivity contribution in [2.75, 3.05) is 5.32 Å². The highest BCUT2D eigenvalue weighted by Crippen LogP contribution is 2.27. The largest absolute Gasteiger partial charge is 0.378 e. The first-order chi connectivity index (χ1) is 7.25. The predicted molar refractivity (Wildman–Crippen MR) is 69.6 cm³/mol. The van der Waals surface area contributed by atoms with E-state index in [1.807, 2.05) is 18.2 Å². The van der Waals surface area contributed by atoms with Crippen molar-refractivity contribution in [2.24, 2.45) is 0 Å². The van der Waals surface area contributed by atoms with Crippen LogP contribution in [-0.4, -0.2) is 6.04 Å². The molecule has 0 amide bonds. The quantitative estimate of drug-likeness (QED) is 0.782. The lowest BCUT2D eigenvalue weighted by atomic mass is 10.0. The summed E-state index contributed by atoms with van der Waals surface area (Å²) in [5, 5.41) is 4.24. The van der Waals surface area contributed by atoms with E-state index in [0.717, 1.165) is 15.2 Å². The van der Waals surface area contributed by atoms with E-state index in [2.05, 4.69) is 33.4 Å². The highest BCUT2D eigenvalue weighted by molar-refractivity contribution is 9.10. The van der Waals surface area contributed by atoms with Gasteiger partial charge in [0.25, 0.3) is 0 Å². The predicted octanol–water partition coefficient (Wildman–Crippen LogP) is 4.62. The lowest BCUT2D eigenvalue weighted by Crippen LogP contribution is -2.18. The molecule has 0 bridgehead atoms. The Kier molecular flexibility index (Phi) is 3.71. The van der Waals surface area contributed by atoms with Crippen LogP contribution in [0.4, 0.5) is 5.69 Å². The van der Waals surface area contributed by atoms with Crippen molar-refractivity contribution in [2.45, 2.75) is 25.3 Å². The second-order valence-electron chi connectivity index (χ2n) is 3.73. The summed E-state index contributed by atoms with van der Waals surface area (Å²) in [6.07, 6.45) is 8.12. The highest BCUT2D eigenvalue weighted by Gasteiger charge is 2.09. The molecule has 1 aromatic rings. The second kappa shape index (κ2) is 5.04. The van der Waals surface area contributed by atoms with Crippen LogP contribution in [0.15, 0.2) is 34.8 Å². The fraction of sp³-hybridized carbons (Fsp3) is 0.333. The molecule has 1 unspecified atom stereocenters. The number of hydrogen-bond donors (Lipinski definition) is 1. The Bertz CT molecular complexity index is 376. The normalized spacial score (nSPS) is 20.3. The second-order valence-corrected chi connectivity index (χ2v) is 5.02. The Morgan fingerprint density at radius 3 is 3.00 bits per heavy atom. The van der Waals surface area contributed by atoms with Crippen LogP contribution in [-0.2, 0) is 0 Å². The number of benzene rings is 1. The summed E-state index contributed by atoms with van der Waals surface area (Å²) >= 11 is 9.47. The van der Waals surface area contributed by atoms with Gasteiger partial charge in [0, 0.05) is 15.5 Å². The molecule has 1 aromatic carbocycles. The smallest absolute Gasteiger partial charge is 0.0504 e. The molecule has 80 valence electrons. The van der Waals surface area contributed by atoms with Crippen LogP contribution in [0.5, 0.6) is 0 Å². The van der Waals surface area contributed by atoms with Crippen LogP contribution < -0.4 is 5.32 Å². The molecule has 0 saturated heterocycles. The maximum atomic E-state index is 5.96. The zero-order chi connectivity index (χ0) is 10.7. The van der Waals surface area contributed by atoms with Crippen molar-refractivity contribution in [3.05, 3.63) is 39.8 Å². The average Bonchev–Trinajstić information content (AvgIpc) is 2.25. The standard InChI is InChI=1S/C12H13BrClN/c13-11-7-6-9(14)8-12(11)15-10-4-2-1-3-5-10/h2,4,6-8,10,15H,1,3,5H2. The Morgan fingerprint density at radius 2 is 2.27 bits per heavy atom.